The molecule has 0 aliphatic carbocycles. The van der Waals surface area contributed by atoms with Crippen LogP contribution in [0, 0.1) is 0 Å². The van der Waals surface area contributed by atoms with Crippen molar-refractivity contribution < 1.29 is 29.3 Å². The Balaban J connectivity index is -0.0000000133. The Kier molecular flexibility index (Phi) is 127. The van der Waals surface area contributed by atoms with E-state index in [9.17, 15) is 0 Å². The van der Waals surface area contributed by atoms with Crippen LogP contribution in [0.4, 0.5) is 0 Å². The molecule has 0 aromatic heterocycles. The van der Waals surface area contributed by atoms with Gasteiger partial charge in [0.15, 0.2) is 0 Å². The maximum atomic E-state index is 3.96. The Morgan fingerprint density at radius 1 is 0.800 bits per heavy atom. The Bertz CT molecular complexity index is 6.85. The van der Waals surface area contributed by atoms with Crippen molar-refractivity contribution >= 4 is 34.5 Å². The average molecular weight is 201 g/mol. The number of thiol groups is 1. The summed E-state index contributed by atoms with van der Waals surface area (Å²) in [6.07, 6.45) is 0. The molecular formula is HCr2S3-. The SMILES string of the molecule is [SH-].[S]=[Cr].[S]=[Cr]. The fourth-order valence-corrected chi connectivity index (χ4v) is 0. The number of hydrogen-bond donors (Lipinski definition) is 0. The van der Waals surface area contributed by atoms with Gasteiger partial charge in [-0.2, -0.15) is 0 Å². The molecule has 0 atom stereocenters. The van der Waals surface area contributed by atoms with E-state index in [-0.39, 0.29) is 13.5 Å². The van der Waals surface area contributed by atoms with E-state index in [4.69, 9.17) is 0 Å². The van der Waals surface area contributed by atoms with Gasteiger partial charge in [0.1, 0.15) is 0 Å². The van der Waals surface area contributed by atoms with Crippen LogP contribution < -0.4 is 0 Å². The second kappa shape index (κ2) is 40.1. The van der Waals surface area contributed by atoms with Crippen molar-refractivity contribution in [3.63, 3.8) is 0 Å². The topological polar surface area (TPSA) is 0 Å². The van der Waals surface area contributed by atoms with Crippen LogP contribution in [-0.2, 0) is 42.8 Å². The van der Waals surface area contributed by atoms with Crippen molar-refractivity contribution in [2.24, 2.45) is 0 Å². The molecule has 0 aromatic carbocycles. The predicted octanol–water partition coefficient (Wildman–Crippen LogP) is 1.02. The zero-order valence-corrected chi connectivity index (χ0v) is 7.16. The normalized spacial score (nSPS) is 1.60. The summed E-state index contributed by atoms with van der Waals surface area (Å²) in [6.45, 7) is 0. The molecule has 0 aromatic rings. The molecule has 32 valence electrons. The van der Waals surface area contributed by atoms with Crippen molar-refractivity contribution in [2.45, 2.75) is 0 Å². The zero-order valence-electron chi connectivity index (χ0n) is 2.08. The molecule has 0 rings (SSSR count). The standard InChI is InChI=1S/2Cr.H2S.2S/h;;1H2;;/p-1. The Morgan fingerprint density at radius 3 is 0.800 bits per heavy atom. The van der Waals surface area contributed by atoms with Crippen molar-refractivity contribution in [3.8, 4) is 0 Å². The summed E-state index contributed by atoms with van der Waals surface area (Å²) >= 11 is 4.42. The average Bonchev–Trinajstić information content (AvgIpc) is 1.50. The Hall–Kier alpha value is 1.85. The predicted molar refractivity (Wildman–Crippen MR) is 23.9 cm³/mol. The first kappa shape index (κ1) is 15.8. The first-order chi connectivity index (χ1) is 2.00. The molecule has 0 amide bonds. The molecule has 0 unspecified atom stereocenters. The van der Waals surface area contributed by atoms with Gasteiger partial charge in [-0.1, -0.05) is 0 Å². The van der Waals surface area contributed by atoms with E-state index < -0.39 is 0 Å². The molecule has 0 aliphatic heterocycles. The molecule has 0 spiro atoms. The molecule has 0 nitrogen and oxygen atoms in total. The molecule has 5 heavy (non-hydrogen) atoms. The third kappa shape index (κ3) is 25.3. The first-order valence-electron chi connectivity index (χ1n) is 0.333. The van der Waals surface area contributed by atoms with Crippen LogP contribution in [0.2, 0.25) is 0 Å². The van der Waals surface area contributed by atoms with Gasteiger partial charge in [-0.25, -0.2) is 0 Å². The minimum atomic E-state index is 0. The van der Waals surface area contributed by atoms with Crippen LogP contribution in [0.1, 0.15) is 0 Å². The van der Waals surface area contributed by atoms with Crippen molar-refractivity contribution in [2.75, 3.05) is 0 Å². The fraction of sp³-hybridized carbons (Fsp3) is 0. The quantitative estimate of drug-likeness (QED) is 0.424. The number of rotatable bonds is 0. The minimum absolute atomic E-state index is 0. The molecule has 0 aliphatic rings. The molecule has 5 heteroatoms. The summed E-state index contributed by atoms with van der Waals surface area (Å²) in [4.78, 5) is 0. The van der Waals surface area contributed by atoms with Gasteiger partial charge in [-0.15, -0.1) is 0 Å². The summed E-state index contributed by atoms with van der Waals surface area (Å²) in [5.74, 6) is 0. The van der Waals surface area contributed by atoms with Gasteiger partial charge in [-0.3, -0.25) is 0 Å². The van der Waals surface area contributed by atoms with Gasteiger partial charge < -0.3 is 13.5 Å². The Morgan fingerprint density at radius 2 is 0.800 bits per heavy atom. The third-order valence-corrected chi connectivity index (χ3v) is 0. The van der Waals surface area contributed by atoms with Gasteiger partial charge >= 0.3 is 50.3 Å². The van der Waals surface area contributed by atoms with E-state index >= 15 is 0 Å². The summed E-state index contributed by atoms with van der Waals surface area (Å²) in [7, 11) is 7.92. The summed E-state index contributed by atoms with van der Waals surface area (Å²) < 4.78 is 0. The van der Waals surface area contributed by atoms with Crippen LogP contribution in [-0.4, -0.2) is 0 Å². The third-order valence-electron chi connectivity index (χ3n) is 0. The van der Waals surface area contributed by atoms with E-state index in [1.807, 2.05) is 0 Å². The molecule has 0 fully saturated rings. The van der Waals surface area contributed by atoms with Gasteiger partial charge in [0, 0.05) is 0 Å². The van der Waals surface area contributed by atoms with Gasteiger partial charge in [-0.05, 0) is 0 Å². The van der Waals surface area contributed by atoms with Crippen LogP contribution in [0.25, 0.3) is 0 Å². The van der Waals surface area contributed by atoms with Crippen molar-refractivity contribution in [1.29, 1.82) is 0 Å². The van der Waals surface area contributed by atoms with E-state index in [0.717, 1.165) is 0 Å². The van der Waals surface area contributed by atoms with Crippen LogP contribution >= 0.6 is 21.0 Å². The van der Waals surface area contributed by atoms with E-state index in [1.54, 1.807) is 0 Å². The zero-order chi connectivity index (χ0) is 4.00. The maximum absolute atomic E-state index is 3.96. The van der Waals surface area contributed by atoms with E-state index in [2.05, 4.69) is 50.3 Å². The Labute approximate surface area is 63.3 Å². The van der Waals surface area contributed by atoms with Crippen molar-refractivity contribution in [3.05, 3.63) is 0 Å². The molecule has 0 N–H and O–H groups in total. The van der Waals surface area contributed by atoms with Crippen molar-refractivity contribution in [1.82, 2.24) is 0 Å². The molecule has 0 saturated carbocycles. The first-order valence-corrected chi connectivity index (χ1v) is 4.12. The molecule has 0 radical (unpaired) electrons. The molecular weight excluding hydrogens is 200 g/mol. The van der Waals surface area contributed by atoms with E-state index in [0.29, 0.717) is 0 Å². The van der Waals surface area contributed by atoms with Gasteiger partial charge in [0.2, 0.25) is 0 Å². The molecule has 0 bridgehead atoms. The summed E-state index contributed by atoms with van der Waals surface area (Å²) in [5, 5.41) is 0. The van der Waals surface area contributed by atoms with Gasteiger partial charge in [0.25, 0.3) is 0 Å². The van der Waals surface area contributed by atoms with Crippen LogP contribution in [0.3, 0.4) is 0 Å². The molecule has 0 heterocycles. The fourth-order valence-electron chi connectivity index (χ4n) is 0. The van der Waals surface area contributed by atoms with Crippen LogP contribution in [0.15, 0.2) is 0 Å². The summed E-state index contributed by atoms with van der Waals surface area (Å²) in [6, 6.07) is 0. The van der Waals surface area contributed by atoms with E-state index in [1.165, 1.54) is 0 Å². The summed E-state index contributed by atoms with van der Waals surface area (Å²) in [5.41, 5.74) is 0. The monoisotopic (exact) mass is 201 g/mol. The van der Waals surface area contributed by atoms with Crippen LogP contribution in [0.5, 0.6) is 0 Å². The molecule has 0 saturated heterocycles. The van der Waals surface area contributed by atoms with Gasteiger partial charge in [0.05, 0.1) is 0 Å². The second-order valence-corrected chi connectivity index (χ2v) is 0. The number of hydrogen-bond acceptors (Lipinski definition) is 3. The second-order valence-electron chi connectivity index (χ2n) is 0.